The largest absolute Gasteiger partial charge is 0.348 e. The van der Waals surface area contributed by atoms with E-state index < -0.39 is 0 Å². The zero-order chi connectivity index (χ0) is 14.1. The van der Waals surface area contributed by atoms with E-state index in [9.17, 15) is 0 Å². The summed E-state index contributed by atoms with van der Waals surface area (Å²) in [4.78, 5) is 8.67. The fraction of sp³-hybridized carbons (Fsp3) is 0.800. The van der Waals surface area contributed by atoms with E-state index in [1.807, 2.05) is 11.3 Å². The molecule has 110 valence electrons. The maximum Gasteiger partial charge on any atom is 0.185 e. The van der Waals surface area contributed by atoms with Crippen molar-refractivity contribution < 1.29 is 0 Å². The van der Waals surface area contributed by atoms with Gasteiger partial charge in [0.25, 0.3) is 0 Å². The predicted molar refractivity (Wildman–Crippen MR) is 86.3 cm³/mol. The number of hydrogen-bond donors (Lipinski definition) is 1. The summed E-state index contributed by atoms with van der Waals surface area (Å²) in [6, 6.07) is 0. The average Bonchev–Trinajstić information content (AvgIpc) is 2.83. The van der Waals surface area contributed by atoms with Crippen LogP contribution in [0.1, 0.15) is 57.5 Å². The molecule has 0 fully saturated rings. The molecule has 19 heavy (non-hydrogen) atoms. The Hall–Kier alpha value is -0.610. The summed E-state index contributed by atoms with van der Waals surface area (Å²) in [7, 11) is 0. The maximum atomic E-state index is 4.84. The smallest absolute Gasteiger partial charge is 0.185 e. The number of aromatic nitrogens is 1. The van der Waals surface area contributed by atoms with E-state index in [1.165, 1.54) is 35.0 Å². The first-order valence-corrected chi connectivity index (χ1v) is 8.52. The van der Waals surface area contributed by atoms with Crippen molar-refractivity contribution in [3.8, 4) is 0 Å². The van der Waals surface area contributed by atoms with Gasteiger partial charge in [-0.3, -0.25) is 0 Å². The zero-order valence-corrected chi connectivity index (χ0v) is 13.8. The molecular formula is C15H29N3S. The standard InChI is InChI=1S/C15H29N3S/c1-5-9-11-18(8-4)15-17-13(7-3)14(19-15)12-16-10-6-2/h16H,5-12H2,1-4H3. The third-order valence-corrected chi connectivity index (χ3v) is 4.41. The molecule has 0 aliphatic carbocycles. The normalized spacial score (nSPS) is 10.9. The molecule has 0 bridgehead atoms. The van der Waals surface area contributed by atoms with E-state index >= 15 is 0 Å². The molecule has 0 amide bonds. The third kappa shape index (κ3) is 5.11. The molecule has 0 saturated heterocycles. The summed E-state index contributed by atoms with van der Waals surface area (Å²) < 4.78 is 0. The molecule has 1 rings (SSSR count). The lowest BCUT2D eigenvalue weighted by Crippen LogP contribution is -2.23. The Labute approximate surface area is 122 Å². The molecule has 0 radical (unpaired) electrons. The van der Waals surface area contributed by atoms with Crippen LogP contribution < -0.4 is 10.2 Å². The Morgan fingerprint density at radius 1 is 1.16 bits per heavy atom. The van der Waals surface area contributed by atoms with Crippen LogP contribution in [0.2, 0.25) is 0 Å². The summed E-state index contributed by atoms with van der Waals surface area (Å²) in [5.74, 6) is 0. The van der Waals surface area contributed by atoms with Crippen LogP contribution in [0, 0.1) is 0 Å². The van der Waals surface area contributed by atoms with Crippen LogP contribution in [0.5, 0.6) is 0 Å². The highest BCUT2D eigenvalue weighted by Gasteiger charge is 2.13. The summed E-state index contributed by atoms with van der Waals surface area (Å²) >= 11 is 1.87. The molecule has 0 aliphatic heterocycles. The SMILES string of the molecule is CCCCN(CC)c1nc(CC)c(CNCCC)s1. The number of unbranched alkanes of at least 4 members (excludes halogenated alkanes) is 1. The number of hydrogen-bond acceptors (Lipinski definition) is 4. The molecule has 0 spiro atoms. The number of aryl methyl sites for hydroxylation is 1. The molecule has 1 aromatic rings. The molecule has 0 atom stereocenters. The van der Waals surface area contributed by atoms with Crippen LogP contribution in [0.3, 0.4) is 0 Å². The average molecular weight is 283 g/mol. The van der Waals surface area contributed by atoms with E-state index in [-0.39, 0.29) is 0 Å². The van der Waals surface area contributed by atoms with Crippen LogP contribution >= 0.6 is 11.3 Å². The van der Waals surface area contributed by atoms with Gasteiger partial charge in [-0.1, -0.05) is 27.2 Å². The number of nitrogens with zero attached hydrogens (tertiary/aromatic N) is 2. The number of nitrogens with one attached hydrogen (secondary N) is 1. The number of thiazole rings is 1. The van der Waals surface area contributed by atoms with Gasteiger partial charge in [0.05, 0.1) is 5.69 Å². The summed E-state index contributed by atoms with van der Waals surface area (Å²) in [6.07, 6.45) is 4.71. The van der Waals surface area contributed by atoms with Crippen molar-refractivity contribution >= 4 is 16.5 Å². The fourth-order valence-corrected chi connectivity index (χ4v) is 3.24. The predicted octanol–water partition coefficient (Wildman–Crippen LogP) is 3.83. The highest BCUT2D eigenvalue weighted by Crippen LogP contribution is 2.27. The van der Waals surface area contributed by atoms with Crippen LogP contribution in [0.4, 0.5) is 5.13 Å². The van der Waals surface area contributed by atoms with Crippen molar-refractivity contribution in [2.24, 2.45) is 0 Å². The fourth-order valence-electron chi connectivity index (χ4n) is 2.04. The zero-order valence-electron chi connectivity index (χ0n) is 13.0. The second-order valence-corrected chi connectivity index (χ2v) is 5.89. The lowest BCUT2D eigenvalue weighted by molar-refractivity contribution is 0.676. The lowest BCUT2D eigenvalue weighted by Gasteiger charge is -2.19. The molecule has 3 nitrogen and oxygen atoms in total. The first-order valence-electron chi connectivity index (χ1n) is 7.70. The summed E-state index contributed by atoms with van der Waals surface area (Å²) in [5.41, 5.74) is 1.28. The van der Waals surface area contributed by atoms with Gasteiger partial charge in [-0.15, -0.1) is 11.3 Å². The Bertz CT molecular complexity index is 349. The number of rotatable bonds is 10. The summed E-state index contributed by atoms with van der Waals surface area (Å²) in [5, 5.41) is 4.70. The minimum atomic E-state index is 0.972. The Kier molecular flexibility index (Phi) is 8.07. The van der Waals surface area contributed by atoms with Gasteiger partial charge in [-0.2, -0.15) is 0 Å². The van der Waals surface area contributed by atoms with Gasteiger partial charge in [-0.25, -0.2) is 4.98 Å². The van der Waals surface area contributed by atoms with Gasteiger partial charge in [0.2, 0.25) is 0 Å². The third-order valence-electron chi connectivity index (χ3n) is 3.25. The monoisotopic (exact) mass is 283 g/mol. The molecule has 1 N–H and O–H groups in total. The van der Waals surface area contributed by atoms with Crippen molar-refractivity contribution in [1.29, 1.82) is 0 Å². The van der Waals surface area contributed by atoms with Crippen molar-refractivity contribution in [3.63, 3.8) is 0 Å². The van der Waals surface area contributed by atoms with E-state index in [0.717, 1.165) is 32.6 Å². The minimum Gasteiger partial charge on any atom is -0.348 e. The Balaban J connectivity index is 2.72. The maximum absolute atomic E-state index is 4.84. The summed E-state index contributed by atoms with van der Waals surface area (Å²) in [6.45, 7) is 13.1. The van der Waals surface area contributed by atoms with Crippen LogP contribution in [-0.4, -0.2) is 24.6 Å². The molecule has 0 saturated carbocycles. The Morgan fingerprint density at radius 3 is 2.53 bits per heavy atom. The van der Waals surface area contributed by atoms with E-state index in [0.29, 0.717) is 0 Å². The van der Waals surface area contributed by atoms with Gasteiger partial charge in [0, 0.05) is 24.5 Å². The first-order chi connectivity index (χ1) is 9.26. The minimum absolute atomic E-state index is 0.972. The van der Waals surface area contributed by atoms with Gasteiger partial charge >= 0.3 is 0 Å². The second-order valence-electron chi connectivity index (χ2n) is 4.83. The highest BCUT2D eigenvalue weighted by molar-refractivity contribution is 7.15. The molecule has 0 aromatic carbocycles. The molecule has 4 heteroatoms. The van der Waals surface area contributed by atoms with Crippen LogP contribution in [0.15, 0.2) is 0 Å². The van der Waals surface area contributed by atoms with Gasteiger partial charge in [0.15, 0.2) is 5.13 Å². The highest BCUT2D eigenvalue weighted by atomic mass is 32.1. The Morgan fingerprint density at radius 2 is 1.95 bits per heavy atom. The second kappa shape index (κ2) is 9.32. The van der Waals surface area contributed by atoms with Gasteiger partial charge in [0.1, 0.15) is 0 Å². The molecule has 1 aromatic heterocycles. The topological polar surface area (TPSA) is 28.2 Å². The molecule has 0 aliphatic rings. The first kappa shape index (κ1) is 16.4. The molecular weight excluding hydrogens is 254 g/mol. The molecule has 1 heterocycles. The lowest BCUT2D eigenvalue weighted by atomic mass is 10.3. The van der Waals surface area contributed by atoms with Crippen molar-refractivity contribution in [3.05, 3.63) is 10.6 Å². The molecule has 0 unspecified atom stereocenters. The van der Waals surface area contributed by atoms with Crippen molar-refractivity contribution in [1.82, 2.24) is 10.3 Å². The van der Waals surface area contributed by atoms with Crippen LogP contribution in [-0.2, 0) is 13.0 Å². The van der Waals surface area contributed by atoms with Crippen molar-refractivity contribution in [2.45, 2.75) is 59.9 Å². The quantitative estimate of drug-likeness (QED) is 0.661. The van der Waals surface area contributed by atoms with E-state index in [4.69, 9.17) is 4.98 Å². The van der Waals surface area contributed by atoms with Gasteiger partial charge < -0.3 is 10.2 Å². The van der Waals surface area contributed by atoms with Crippen LogP contribution in [0.25, 0.3) is 0 Å². The van der Waals surface area contributed by atoms with E-state index in [2.05, 4.69) is 37.9 Å². The van der Waals surface area contributed by atoms with Crippen molar-refractivity contribution in [2.75, 3.05) is 24.5 Å². The number of anilines is 1. The van der Waals surface area contributed by atoms with Gasteiger partial charge in [-0.05, 0) is 32.7 Å². The van der Waals surface area contributed by atoms with E-state index in [1.54, 1.807) is 0 Å².